The molecular formula is C14H20O. The fraction of sp³-hybridized carbons (Fsp3) is 0.857. The summed E-state index contributed by atoms with van der Waals surface area (Å²) in [5.74, 6) is 4.64. The summed E-state index contributed by atoms with van der Waals surface area (Å²) in [6.07, 6.45) is 9.51. The largest absolute Gasteiger partial charge is 0.366 e. The lowest BCUT2D eigenvalue weighted by molar-refractivity contribution is 0.0678. The quantitative estimate of drug-likeness (QED) is 0.436. The van der Waals surface area contributed by atoms with Gasteiger partial charge in [0.25, 0.3) is 0 Å². The Bertz CT molecular complexity index is 334. The van der Waals surface area contributed by atoms with Crippen LogP contribution in [-0.4, -0.2) is 11.7 Å². The lowest BCUT2D eigenvalue weighted by atomic mass is 9.64. The molecule has 1 nitrogen and oxygen atoms in total. The van der Waals surface area contributed by atoms with Gasteiger partial charge in [0.15, 0.2) is 0 Å². The van der Waals surface area contributed by atoms with Crippen molar-refractivity contribution in [3.05, 3.63) is 12.2 Å². The second kappa shape index (κ2) is 2.51. The van der Waals surface area contributed by atoms with Gasteiger partial charge in [-0.1, -0.05) is 19.1 Å². The van der Waals surface area contributed by atoms with Crippen LogP contribution in [0.5, 0.6) is 0 Å². The summed E-state index contributed by atoms with van der Waals surface area (Å²) in [7, 11) is 0. The molecule has 0 N–H and O–H groups in total. The van der Waals surface area contributed by atoms with E-state index in [-0.39, 0.29) is 0 Å². The van der Waals surface area contributed by atoms with Gasteiger partial charge < -0.3 is 4.74 Å². The normalized spacial score (nSPS) is 64.9. The molecule has 0 amide bonds. The van der Waals surface area contributed by atoms with Gasteiger partial charge in [0.05, 0.1) is 6.10 Å². The minimum Gasteiger partial charge on any atom is -0.366 e. The molecule has 0 aromatic carbocycles. The Kier molecular flexibility index (Phi) is 1.47. The summed E-state index contributed by atoms with van der Waals surface area (Å²) >= 11 is 0. The van der Waals surface area contributed by atoms with E-state index in [1.54, 1.807) is 0 Å². The highest BCUT2D eigenvalue weighted by molar-refractivity contribution is 5.23. The van der Waals surface area contributed by atoms with Gasteiger partial charge in [-0.15, -0.1) is 0 Å². The third-order valence-corrected chi connectivity index (χ3v) is 6.02. The first-order valence-electron chi connectivity index (χ1n) is 6.58. The SMILES string of the molecule is CC1OC12C(C)C1CC2C2CC=CCC12. The van der Waals surface area contributed by atoms with Crippen molar-refractivity contribution in [3.63, 3.8) is 0 Å². The molecule has 1 heterocycles. The predicted octanol–water partition coefficient (Wildman–Crippen LogP) is 3.01. The Morgan fingerprint density at radius 1 is 1.07 bits per heavy atom. The van der Waals surface area contributed by atoms with Crippen molar-refractivity contribution in [2.45, 2.75) is 44.8 Å². The second-order valence-electron chi connectivity index (χ2n) is 6.18. The maximum absolute atomic E-state index is 6.04. The van der Waals surface area contributed by atoms with Crippen molar-refractivity contribution >= 4 is 0 Å². The monoisotopic (exact) mass is 204 g/mol. The summed E-state index contributed by atoms with van der Waals surface area (Å²) in [4.78, 5) is 0. The van der Waals surface area contributed by atoms with Crippen LogP contribution in [0, 0.1) is 29.6 Å². The third kappa shape index (κ3) is 0.824. The molecule has 0 aromatic rings. The average molecular weight is 204 g/mol. The molecule has 7 unspecified atom stereocenters. The second-order valence-corrected chi connectivity index (χ2v) is 6.18. The van der Waals surface area contributed by atoms with Gasteiger partial charge >= 0.3 is 0 Å². The fourth-order valence-corrected chi connectivity index (χ4v) is 5.36. The summed E-state index contributed by atoms with van der Waals surface area (Å²) in [5, 5.41) is 0. The maximum atomic E-state index is 6.04. The van der Waals surface area contributed by atoms with E-state index in [0.717, 1.165) is 29.6 Å². The van der Waals surface area contributed by atoms with E-state index in [9.17, 15) is 0 Å². The Balaban J connectivity index is 1.73. The zero-order valence-corrected chi connectivity index (χ0v) is 9.65. The van der Waals surface area contributed by atoms with Crippen molar-refractivity contribution in [1.82, 2.24) is 0 Å². The van der Waals surface area contributed by atoms with Gasteiger partial charge in [0.2, 0.25) is 0 Å². The van der Waals surface area contributed by atoms with Gasteiger partial charge in [-0.2, -0.15) is 0 Å². The molecule has 2 saturated carbocycles. The first kappa shape index (κ1) is 8.81. The molecule has 1 spiro atoms. The molecule has 2 bridgehead atoms. The van der Waals surface area contributed by atoms with Crippen molar-refractivity contribution in [2.24, 2.45) is 29.6 Å². The summed E-state index contributed by atoms with van der Waals surface area (Å²) in [6, 6.07) is 0. The summed E-state index contributed by atoms with van der Waals surface area (Å²) < 4.78 is 6.04. The van der Waals surface area contributed by atoms with Crippen molar-refractivity contribution in [1.29, 1.82) is 0 Å². The van der Waals surface area contributed by atoms with Crippen LogP contribution in [0.2, 0.25) is 0 Å². The van der Waals surface area contributed by atoms with Gasteiger partial charge in [-0.05, 0) is 55.8 Å². The molecule has 0 aromatic heterocycles. The highest BCUT2D eigenvalue weighted by atomic mass is 16.6. The van der Waals surface area contributed by atoms with Crippen LogP contribution in [0.3, 0.4) is 0 Å². The standard InChI is InChI=1S/C14H20O/c1-8-12-7-13(14(8)9(2)15-14)11-6-4-3-5-10(11)12/h3-4,8-13H,5-7H2,1-2H3. The Labute approximate surface area is 91.9 Å². The third-order valence-electron chi connectivity index (χ3n) is 6.02. The molecule has 1 aliphatic heterocycles. The Morgan fingerprint density at radius 2 is 1.73 bits per heavy atom. The molecule has 0 radical (unpaired) electrons. The maximum Gasteiger partial charge on any atom is 0.100 e. The van der Waals surface area contributed by atoms with Crippen molar-refractivity contribution < 1.29 is 4.74 Å². The van der Waals surface area contributed by atoms with E-state index in [1.807, 2.05) is 0 Å². The first-order chi connectivity index (χ1) is 7.25. The van der Waals surface area contributed by atoms with Gasteiger partial charge in [-0.25, -0.2) is 0 Å². The number of hydrogen-bond donors (Lipinski definition) is 0. The number of hydrogen-bond acceptors (Lipinski definition) is 1. The molecule has 4 aliphatic rings. The molecular weight excluding hydrogens is 184 g/mol. The summed E-state index contributed by atoms with van der Waals surface area (Å²) in [6.45, 7) is 4.73. The van der Waals surface area contributed by atoms with E-state index in [4.69, 9.17) is 4.74 Å². The zero-order chi connectivity index (χ0) is 10.2. The molecule has 7 atom stereocenters. The van der Waals surface area contributed by atoms with Gasteiger partial charge in [0.1, 0.15) is 5.60 Å². The van der Waals surface area contributed by atoms with Crippen LogP contribution in [0.25, 0.3) is 0 Å². The highest BCUT2D eigenvalue weighted by Crippen LogP contribution is 2.70. The van der Waals surface area contributed by atoms with Gasteiger partial charge in [0, 0.05) is 0 Å². The predicted molar refractivity (Wildman–Crippen MR) is 59.4 cm³/mol. The van der Waals surface area contributed by atoms with Crippen LogP contribution in [-0.2, 0) is 4.74 Å². The van der Waals surface area contributed by atoms with E-state index < -0.39 is 0 Å². The molecule has 1 heteroatoms. The number of allylic oxidation sites excluding steroid dienone is 2. The average Bonchev–Trinajstić information content (AvgIpc) is 2.68. The smallest absolute Gasteiger partial charge is 0.100 e. The van der Waals surface area contributed by atoms with E-state index in [1.165, 1.54) is 19.3 Å². The van der Waals surface area contributed by atoms with E-state index in [2.05, 4.69) is 26.0 Å². The minimum absolute atomic E-state index is 0.330. The fourth-order valence-electron chi connectivity index (χ4n) is 5.36. The number of ether oxygens (including phenoxy) is 1. The lowest BCUT2D eigenvalue weighted by Gasteiger charge is -2.39. The van der Waals surface area contributed by atoms with E-state index in [0.29, 0.717) is 11.7 Å². The molecule has 82 valence electrons. The Morgan fingerprint density at radius 3 is 2.40 bits per heavy atom. The minimum atomic E-state index is 0.330. The molecule has 3 aliphatic carbocycles. The van der Waals surface area contributed by atoms with Crippen LogP contribution >= 0.6 is 0 Å². The van der Waals surface area contributed by atoms with E-state index >= 15 is 0 Å². The van der Waals surface area contributed by atoms with Crippen molar-refractivity contribution in [3.8, 4) is 0 Å². The van der Waals surface area contributed by atoms with Crippen LogP contribution in [0.15, 0.2) is 12.2 Å². The summed E-state index contributed by atoms with van der Waals surface area (Å²) in [5.41, 5.74) is 0.330. The van der Waals surface area contributed by atoms with Gasteiger partial charge in [-0.3, -0.25) is 0 Å². The number of epoxide rings is 1. The molecule has 3 fully saturated rings. The van der Waals surface area contributed by atoms with Crippen LogP contribution in [0.4, 0.5) is 0 Å². The molecule has 1 saturated heterocycles. The number of rotatable bonds is 0. The highest BCUT2D eigenvalue weighted by Gasteiger charge is 2.73. The van der Waals surface area contributed by atoms with Crippen LogP contribution < -0.4 is 0 Å². The van der Waals surface area contributed by atoms with Crippen molar-refractivity contribution in [2.75, 3.05) is 0 Å². The first-order valence-corrected chi connectivity index (χ1v) is 6.58. The topological polar surface area (TPSA) is 12.5 Å². The zero-order valence-electron chi connectivity index (χ0n) is 9.65. The number of fused-ring (bicyclic) bond motifs is 6. The molecule has 4 rings (SSSR count). The van der Waals surface area contributed by atoms with Crippen LogP contribution in [0.1, 0.15) is 33.1 Å². The Hall–Kier alpha value is -0.300. The lowest BCUT2D eigenvalue weighted by Crippen LogP contribution is -2.41. The molecule has 15 heavy (non-hydrogen) atoms.